The van der Waals surface area contributed by atoms with Gasteiger partial charge in [-0.1, -0.05) is 0 Å². The number of rotatable bonds is 0. The number of aromatic nitrogens is 1. The summed E-state index contributed by atoms with van der Waals surface area (Å²) in [5, 5.41) is 0. The van der Waals surface area contributed by atoms with Gasteiger partial charge in [-0.2, -0.15) is 0 Å². The molecule has 1 aromatic heterocycles. The maximum Gasteiger partial charge on any atom is 0.0228 e. The van der Waals surface area contributed by atoms with Crippen LogP contribution >= 0.6 is 0 Å². The Morgan fingerprint density at radius 3 is 2.90 bits per heavy atom. The predicted molar refractivity (Wildman–Crippen MR) is 42.2 cm³/mol. The molecule has 1 aliphatic heterocycles. The summed E-state index contributed by atoms with van der Waals surface area (Å²) >= 11 is 0. The molecule has 10 heavy (non-hydrogen) atoms. The van der Waals surface area contributed by atoms with Crippen molar-refractivity contribution in [2.75, 3.05) is 0 Å². The lowest BCUT2D eigenvalue weighted by atomic mass is 10.2. The molecule has 0 spiro atoms. The number of hydrogen-bond donors (Lipinski definition) is 0. The van der Waals surface area contributed by atoms with Gasteiger partial charge in [-0.3, -0.25) is 0 Å². The molecule has 2 rings (SSSR count). The SMILES string of the molecule is Cc1cc2n(c1C)CCC2. The fourth-order valence-electron chi connectivity index (χ4n) is 1.80. The Kier molecular flexibility index (Phi) is 1.13. The van der Waals surface area contributed by atoms with Crippen LogP contribution in [0.5, 0.6) is 0 Å². The van der Waals surface area contributed by atoms with Gasteiger partial charge >= 0.3 is 0 Å². The van der Waals surface area contributed by atoms with Crippen molar-refractivity contribution < 1.29 is 0 Å². The van der Waals surface area contributed by atoms with Crippen LogP contribution in [0, 0.1) is 13.8 Å². The monoisotopic (exact) mass is 135 g/mol. The highest BCUT2D eigenvalue weighted by molar-refractivity contribution is 5.27. The second kappa shape index (κ2) is 1.88. The number of nitrogens with zero attached hydrogens (tertiary/aromatic N) is 1. The van der Waals surface area contributed by atoms with E-state index in [0.717, 1.165) is 0 Å². The van der Waals surface area contributed by atoms with Crippen molar-refractivity contribution in [3.05, 3.63) is 23.0 Å². The van der Waals surface area contributed by atoms with Crippen molar-refractivity contribution >= 4 is 0 Å². The second-order valence-corrected chi connectivity index (χ2v) is 3.16. The van der Waals surface area contributed by atoms with Crippen LogP contribution < -0.4 is 0 Å². The molecule has 2 heterocycles. The predicted octanol–water partition coefficient (Wildman–Crippen LogP) is 2.05. The van der Waals surface area contributed by atoms with Gasteiger partial charge in [0.25, 0.3) is 0 Å². The third-order valence-electron chi connectivity index (χ3n) is 2.52. The molecule has 0 fully saturated rings. The van der Waals surface area contributed by atoms with Gasteiger partial charge in [0, 0.05) is 17.9 Å². The standard InChI is InChI=1S/C9H13N/c1-7-6-9-4-3-5-10(9)8(7)2/h6H,3-5H2,1-2H3. The van der Waals surface area contributed by atoms with E-state index >= 15 is 0 Å². The lowest BCUT2D eigenvalue weighted by molar-refractivity contribution is 0.726. The van der Waals surface area contributed by atoms with Crippen LogP contribution in [-0.2, 0) is 13.0 Å². The minimum Gasteiger partial charge on any atom is -0.349 e. The third kappa shape index (κ3) is 0.634. The van der Waals surface area contributed by atoms with Crippen LogP contribution in [0.1, 0.15) is 23.4 Å². The topological polar surface area (TPSA) is 4.93 Å². The summed E-state index contributed by atoms with van der Waals surface area (Å²) in [6.07, 6.45) is 2.63. The lowest BCUT2D eigenvalue weighted by Crippen LogP contribution is -1.94. The molecule has 1 aliphatic rings. The molecule has 54 valence electrons. The molecule has 0 aliphatic carbocycles. The van der Waals surface area contributed by atoms with Crippen LogP contribution in [0.15, 0.2) is 6.07 Å². The Morgan fingerprint density at radius 1 is 1.40 bits per heavy atom. The molecule has 0 saturated carbocycles. The van der Waals surface area contributed by atoms with Crippen molar-refractivity contribution in [3.63, 3.8) is 0 Å². The maximum atomic E-state index is 2.44. The zero-order valence-corrected chi connectivity index (χ0v) is 6.65. The molecule has 0 unspecified atom stereocenters. The normalized spacial score (nSPS) is 15.8. The van der Waals surface area contributed by atoms with Gasteiger partial charge in [-0.05, 0) is 38.3 Å². The van der Waals surface area contributed by atoms with Crippen LogP contribution in [0.2, 0.25) is 0 Å². The minimum atomic E-state index is 1.25. The zero-order chi connectivity index (χ0) is 7.14. The molecule has 0 aromatic carbocycles. The first-order valence-electron chi connectivity index (χ1n) is 3.94. The Labute approximate surface area is 61.7 Å². The van der Waals surface area contributed by atoms with Gasteiger partial charge in [-0.25, -0.2) is 0 Å². The van der Waals surface area contributed by atoms with Gasteiger partial charge in [0.05, 0.1) is 0 Å². The highest BCUT2D eigenvalue weighted by Gasteiger charge is 2.13. The first-order valence-corrected chi connectivity index (χ1v) is 3.94. The summed E-state index contributed by atoms with van der Waals surface area (Å²) in [7, 11) is 0. The Hall–Kier alpha value is -0.720. The quantitative estimate of drug-likeness (QED) is 0.513. The van der Waals surface area contributed by atoms with Crippen LogP contribution in [-0.4, -0.2) is 4.57 Å². The van der Waals surface area contributed by atoms with E-state index in [9.17, 15) is 0 Å². The van der Waals surface area contributed by atoms with Gasteiger partial charge < -0.3 is 4.57 Å². The van der Waals surface area contributed by atoms with E-state index in [-0.39, 0.29) is 0 Å². The van der Waals surface area contributed by atoms with Crippen LogP contribution in [0.25, 0.3) is 0 Å². The summed E-state index contributed by atoms with van der Waals surface area (Å²) < 4.78 is 2.44. The van der Waals surface area contributed by atoms with Gasteiger partial charge in [-0.15, -0.1) is 0 Å². The molecule has 1 nitrogen and oxygen atoms in total. The smallest absolute Gasteiger partial charge is 0.0228 e. The first-order chi connectivity index (χ1) is 4.79. The summed E-state index contributed by atoms with van der Waals surface area (Å²) in [5.41, 5.74) is 4.46. The number of fused-ring (bicyclic) bond motifs is 1. The lowest BCUT2D eigenvalue weighted by Gasteiger charge is -1.99. The summed E-state index contributed by atoms with van der Waals surface area (Å²) in [6.45, 7) is 5.65. The molecule has 0 saturated heterocycles. The zero-order valence-electron chi connectivity index (χ0n) is 6.65. The van der Waals surface area contributed by atoms with E-state index in [0.29, 0.717) is 0 Å². The van der Waals surface area contributed by atoms with E-state index in [1.54, 1.807) is 0 Å². The Morgan fingerprint density at radius 2 is 2.20 bits per heavy atom. The van der Waals surface area contributed by atoms with Crippen molar-refractivity contribution in [3.8, 4) is 0 Å². The molecule has 0 N–H and O–H groups in total. The molecule has 0 radical (unpaired) electrons. The summed E-state index contributed by atoms with van der Waals surface area (Å²) in [5.74, 6) is 0. The minimum absolute atomic E-state index is 1.25. The van der Waals surface area contributed by atoms with Gasteiger partial charge in [0.15, 0.2) is 0 Å². The maximum absolute atomic E-state index is 2.44. The van der Waals surface area contributed by atoms with E-state index in [4.69, 9.17) is 0 Å². The molecule has 0 amide bonds. The average Bonchev–Trinajstić information content (AvgIpc) is 2.41. The highest BCUT2D eigenvalue weighted by atomic mass is 15.0. The van der Waals surface area contributed by atoms with Gasteiger partial charge in [0.2, 0.25) is 0 Å². The third-order valence-corrected chi connectivity index (χ3v) is 2.52. The molecular formula is C9H13N. The molecular weight excluding hydrogens is 122 g/mol. The molecule has 0 atom stereocenters. The van der Waals surface area contributed by atoms with Crippen molar-refractivity contribution in [2.24, 2.45) is 0 Å². The average molecular weight is 135 g/mol. The van der Waals surface area contributed by atoms with Crippen molar-refractivity contribution in [2.45, 2.75) is 33.2 Å². The Bertz CT molecular complexity index is 258. The Balaban J connectivity index is 2.59. The van der Waals surface area contributed by atoms with Crippen LogP contribution in [0.3, 0.4) is 0 Å². The van der Waals surface area contributed by atoms with E-state index in [2.05, 4.69) is 24.5 Å². The summed E-state index contributed by atoms with van der Waals surface area (Å²) in [6, 6.07) is 2.32. The number of hydrogen-bond acceptors (Lipinski definition) is 0. The van der Waals surface area contributed by atoms with E-state index < -0.39 is 0 Å². The first kappa shape index (κ1) is 6.02. The van der Waals surface area contributed by atoms with E-state index in [1.165, 1.54) is 36.3 Å². The fourth-order valence-corrected chi connectivity index (χ4v) is 1.80. The van der Waals surface area contributed by atoms with Crippen molar-refractivity contribution in [1.29, 1.82) is 0 Å². The van der Waals surface area contributed by atoms with E-state index in [1.807, 2.05) is 0 Å². The molecule has 0 bridgehead atoms. The highest BCUT2D eigenvalue weighted by Crippen LogP contribution is 2.21. The second-order valence-electron chi connectivity index (χ2n) is 3.16. The van der Waals surface area contributed by atoms with Crippen molar-refractivity contribution in [1.82, 2.24) is 4.57 Å². The molecule has 1 aromatic rings. The number of aryl methyl sites for hydroxylation is 2. The van der Waals surface area contributed by atoms with Crippen LogP contribution in [0.4, 0.5) is 0 Å². The molecule has 1 heteroatoms. The summed E-state index contributed by atoms with van der Waals surface area (Å²) in [4.78, 5) is 0. The largest absolute Gasteiger partial charge is 0.349 e. The van der Waals surface area contributed by atoms with Gasteiger partial charge in [0.1, 0.15) is 0 Å². The fraction of sp³-hybridized carbons (Fsp3) is 0.556.